The van der Waals surface area contributed by atoms with Crippen LogP contribution >= 0.6 is 11.6 Å². The molecule has 2 aromatic heterocycles. The lowest BCUT2D eigenvalue weighted by molar-refractivity contribution is -0.137. The zero-order chi connectivity index (χ0) is 17.6. The molecular weight excluding hydrogens is 343 g/mol. The molecule has 1 unspecified atom stereocenters. The van der Waals surface area contributed by atoms with Gasteiger partial charge in [0.1, 0.15) is 5.69 Å². The Hall–Kier alpha value is -1.76. The minimum Gasteiger partial charge on any atom is -0.337 e. The molecule has 2 aromatic rings. The summed E-state index contributed by atoms with van der Waals surface area (Å²) in [7, 11) is 0. The van der Waals surface area contributed by atoms with E-state index in [9.17, 15) is 18.0 Å². The van der Waals surface area contributed by atoms with Gasteiger partial charge in [0.25, 0.3) is 5.91 Å². The zero-order valence-electron chi connectivity index (χ0n) is 13.3. The van der Waals surface area contributed by atoms with Crippen molar-refractivity contribution in [2.24, 2.45) is 5.92 Å². The topological polar surface area (TPSA) is 37.6 Å². The van der Waals surface area contributed by atoms with Crippen LogP contribution in [0.5, 0.6) is 0 Å². The Bertz CT molecular complexity index is 800. The Morgan fingerprint density at radius 1 is 1.42 bits per heavy atom. The number of halogens is 4. The van der Waals surface area contributed by atoms with Crippen molar-refractivity contribution in [3.63, 3.8) is 0 Å². The van der Waals surface area contributed by atoms with E-state index in [-0.39, 0.29) is 22.3 Å². The number of amides is 1. The second-order valence-electron chi connectivity index (χ2n) is 6.31. The summed E-state index contributed by atoms with van der Waals surface area (Å²) in [4.78, 5) is 18.7. The number of aromatic nitrogens is 2. The van der Waals surface area contributed by atoms with Gasteiger partial charge in [-0.15, -0.1) is 0 Å². The first-order valence-electron chi connectivity index (χ1n) is 7.73. The smallest absolute Gasteiger partial charge is 0.337 e. The molecule has 1 atom stereocenters. The van der Waals surface area contributed by atoms with Gasteiger partial charge in [0.2, 0.25) is 0 Å². The maximum atomic E-state index is 13.1. The number of nitrogens with zero attached hydrogens (tertiary/aromatic N) is 3. The molecular formula is C16H17ClF3N3O. The number of alkyl halides is 3. The van der Waals surface area contributed by atoms with Crippen molar-refractivity contribution in [3.8, 4) is 0 Å². The van der Waals surface area contributed by atoms with Crippen molar-refractivity contribution in [2.45, 2.75) is 32.9 Å². The van der Waals surface area contributed by atoms with Crippen molar-refractivity contribution in [1.82, 2.24) is 14.3 Å². The van der Waals surface area contributed by atoms with Crippen LogP contribution in [0.3, 0.4) is 0 Å². The van der Waals surface area contributed by atoms with E-state index in [0.29, 0.717) is 24.7 Å². The molecule has 4 nitrogen and oxygen atoms in total. The van der Waals surface area contributed by atoms with E-state index in [2.05, 4.69) is 11.9 Å². The van der Waals surface area contributed by atoms with E-state index in [0.717, 1.165) is 25.1 Å². The molecule has 0 radical (unpaired) electrons. The van der Waals surface area contributed by atoms with Crippen molar-refractivity contribution in [3.05, 3.63) is 34.2 Å². The minimum absolute atomic E-state index is 0.126. The summed E-state index contributed by atoms with van der Waals surface area (Å²) in [6, 6.07) is 0.834. The Morgan fingerprint density at radius 2 is 2.12 bits per heavy atom. The number of aryl methyl sites for hydroxylation is 1. The number of hydrogen-bond donors (Lipinski definition) is 0. The van der Waals surface area contributed by atoms with E-state index in [1.54, 1.807) is 11.8 Å². The second-order valence-corrected chi connectivity index (χ2v) is 6.72. The number of hydrogen-bond acceptors (Lipinski definition) is 2. The van der Waals surface area contributed by atoms with Crippen LogP contribution in [-0.2, 0) is 6.18 Å². The van der Waals surface area contributed by atoms with Crippen molar-refractivity contribution < 1.29 is 18.0 Å². The fraction of sp³-hybridized carbons (Fsp3) is 0.500. The highest BCUT2D eigenvalue weighted by Gasteiger charge is 2.33. The van der Waals surface area contributed by atoms with Crippen LogP contribution < -0.4 is 0 Å². The SMILES string of the molecule is Cc1nc2c(Cl)cc(C(F)(F)F)cn2c1C(=O)N1CCCC(C)C1. The highest BCUT2D eigenvalue weighted by molar-refractivity contribution is 6.33. The first-order chi connectivity index (χ1) is 11.2. The molecule has 24 heavy (non-hydrogen) atoms. The third kappa shape index (κ3) is 2.97. The summed E-state index contributed by atoms with van der Waals surface area (Å²) in [5.74, 6) is 0.0680. The van der Waals surface area contributed by atoms with Crippen LogP contribution in [0.25, 0.3) is 5.65 Å². The van der Waals surface area contributed by atoms with Crippen molar-refractivity contribution in [2.75, 3.05) is 13.1 Å². The number of carbonyl (C=O) groups excluding carboxylic acids is 1. The molecule has 1 saturated heterocycles. The van der Waals surface area contributed by atoms with Crippen LogP contribution in [0, 0.1) is 12.8 Å². The van der Waals surface area contributed by atoms with Gasteiger partial charge in [-0.05, 0) is 31.7 Å². The molecule has 0 aliphatic carbocycles. The molecule has 0 spiro atoms. The first kappa shape index (κ1) is 17.1. The summed E-state index contributed by atoms with van der Waals surface area (Å²) < 4.78 is 40.3. The number of rotatable bonds is 1. The van der Waals surface area contributed by atoms with Gasteiger partial charge in [0.15, 0.2) is 5.65 Å². The molecule has 1 fully saturated rings. The van der Waals surface area contributed by atoms with Gasteiger partial charge >= 0.3 is 6.18 Å². The Labute approximate surface area is 142 Å². The van der Waals surface area contributed by atoms with Crippen LogP contribution in [-0.4, -0.2) is 33.3 Å². The van der Waals surface area contributed by atoms with E-state index < -0.39 is 11.7 Å². The average Bonchev–Trinajstić information content (AvgIpc) is 2.82. The molecule has 3 heterocycles. The fourth-order valence-electron chi connectivity index (χ4n) is 3.15. The van der Waals surface area contributed by atoms with Crippen LogP contribution in [0.15, 0.2) is 12.3 Å². The molecule has 0 bridgehead atoms. The average molecular weight is 360 g/mol. The van der Waals surface area contributed by atoms with Crippen LogP contribution in [0.1, 0.15) is 41.5 Å². The summed E-state index contributed by atoms with van der Waals surface area (Å²) in [6.07, 6.45) is -1.73. The van der Waals surface area contributed by atoms with Gasteiger partial charge in [-0.3, -0.25) is 9.20 Å². The number of pyridine rings is 1. The van der Waals surface area contributed by atoms with Crippen LogP contribution in [0.4, 0.5) is 13.2 Å². The van der Waals surface area contributed by atoms with Crippen molar-refractivity contribution in [1.29, 1.82) is 0 Å². The van der Waals surface area contributed by atoms with Gasteiger partial charge in [0.05, 0.1) is 16.3 Å². The first-order valence-corrected chi connectivity index (χ1v) is 8.11. The lowest BCUT2D eigenvalue weighted by atomic mass is 10.00. The van der Waals surface area contributed by atoms with Crippen LogP contribution in [0.2, 0.25) is 5.02 Å². The Kier molecular flexibility index (Phi) is 4.23. The predicted octanol–water partition coefficient (Wildman–Crippen LogP) is 4.19. The maximum Gasteiger partial charge on any atom is 0.417 e. The predicted molar refractivity (Wildman–Crippen MR) is 84.2 cm³/mol. The monoisotopic (exact) mass is 359 g/mol. The summed E-state index contributed by atoms with van der Waals surface area (Å²) in [6.45, 7) is 4.86. The molecule has 3 rings (SSSR count). The quantitative estimate of drug-likeness (QED) is 0.765. The lowest BCUT2D eigenvalue weighted by Gasteiger charge is -2.31. The van der Waals surface area contributed by atoms with E-state index in [1.165, 1.54) is 4.40 Å². The molecule has 130 valence electrons. The standard InChI is InChI=1S/C16H17ClF3N3O/c1-9-4-3-5-22(7-9)15(24)13-10(2)21-14-12(17)6-11(8-23(13)14)16(18,19)20/h6,8-9H,3-5,7H2,1-2H3. The summed E-state index contributed by atoms with van der Waals surface area (Å²) in [5, 5.41) is -0.126. The molecule has 8 heteroatoms. The number of likely N-dealkylation sites (tertiary alicyclic amines) is 1. The van der Waals surface area contributed by atoms with Gasteiger partial charge < -0.3 is 4.90 Å². The molecule has 0 N–H and O–H groups in total. The molecule has 1 aliphatic rings. The minimum atomic E-state index is -4.55. The van der Waals surface area contributed by atoms with Gasteiger partial charge in [-0.1, -0.05) is 18.5 Å². The fourth-order valence-corrected chi connectivity index (χ4v) is 3.40. The van der Waals surface area contributed by atoms with E-state index in [4.69, 9.17) is 11.6 Å². The second kappa shape index (κ2) is 5.95. The molecule has 0 aromatic carbocycles. The van der Waals surface area contributed by atoms with E-state index in [1.807, 2.05) is 0 Å². The third-order valence-electron chi connectivity index (χ3n) is 4.32. The highest BCUT2D eigenvalue weighted by Crippen LogP contribution is 2.33. The van der Waals surface area contributed by atoms with Gasteiger partial charge in [0, 0.05) is 19.3 Å². The Morgan fingerprint density at radius 3 is 2.75 bits per heavy atom. The largest absolute Gasteiger partial charge is 0.417 e. The highest BCUT2D eigenvalue weighted by atomic mass is 35.5. The Balaban J connectivity index is 2.11. The maximum absolute atomic E-state index is 13.1. The number of fused-ring (bicyclic) bond motifs is 1. The molecule has 1 aliphatic heterocycles. The number of piperidine rings is 1. The van der Waals surface area contributed by atoms with Crippen molar-refractivity contribution >= 4 is 23.2 Å². The number of carbonyl (C=O) groups is 1. The lowest BCUT2D eigenvalue weighted by Crippen LogP contribution is -2.39. The molecule has 0 saturated carbocycles. The number of imidazole rings is 1. The van der Waals surface area contributed by atoms with E-state index >= 15 is 0 Å². The van der Waals surface area contributed by atoms with Gasteiger partial charge in [-0.25, -0.2) is 4.98 Å². The summed E-state index contributed by atoms with van der Waals surface area (Å²) in [5.41, 5.74) is -0.222. The molecule has 1 amide bonds. The third-order valence-corrected chi connectivity index (χ3v) is 4.60. The summed E-state index contributed by atoms with van der Waals surface area (Å²) >= 11 is 5.96. The zero-order valence-corrected chi connectivity index (χ0v) is 14.1. The normalized spacial score (nSPS) is 19.1. The van der Waals surface area contributed by atoms with Gasteiger partial charge in [-0.2, -0.15) is 13.2 Å².